The number of hydrogen-bond donors (Lipinski definition) is 1. The van der Waals surface area contributed by atoms with Gasteiger partial charge in [0.2, 0.25) is 0 Å². The van der Waals surface area contributed by atoms with Gasteiger partial charge in [-0.1, -0.05) is 24.1 Å². The number of amides is 1. The molecule has 1 N–H and O–H groups in total. The fraction of sp³-hybridized carbons (Fsp3) is 0.143. The molecule has 0 saturated carbocycles. The molecule has 1 heterocycles. The van der Waals surface area contributed by atoms with Gasteiger partial charge in [0.05, 0.1) is 32.5 Å². The number of carbonyl (C=O) groups is 1. The molecule has 3 rings (SSSR count). The van der Waals surface area contributed by atoms with Crippen LogP contribution < -0.4 is 14.9 Å². The Morgan fingerprint density at radius 2 is 2.07 bits per heavy atom. The molecule has 2 aromatic carbocycles. The number of methoxy groups -OCH3 is 2. The van der Waals surface area contributed by atoms with Crippen molar-refractivity contribution in [3.8, 4) is 23.8 Å². The smallest absolute Gasteiger partial charge is 0.275 e. The van der Waals surface area contributed by atoms with Crippen molar-refractivity contribution in [3.63, 3.8) is 0 Å². The Bertz CT molecular complexity index is 1040. The maximum Gasteiger partial charge on any atom is 0.275 e. The second-order valence-electron chi connectivity index (χ2n) is 5.70. The lowest BCUT2D eigenvalue weighted by Gasteiger charge is -2.08. The number of terminal acetylenes is 1. The van der Waals surface area contributed by atoms with Gasteiger partial charge in [-0.15, -0.1) is 6.42 Å². The fourth-order valence-electron chi connectivity index (χ4n) is 2.81. The molecule has 6 nitrogen and oxygen atoms in total. The molecule has 1 amide bonds. The van der Waals surface area contributed by atoms with Gasteiger partial charge in [0, 0.05) is 28.7 Å². The standard InChI is InChI=1S/C21H19N3O3/c1-4-11-24-14-15(17-7-5-6-8-19(17)24)13-22-23-21(25)18-10-9-16(26-2)12-20(18)27-3/h1,5-10,12-14H,11H2,2-3H3,(H,23,25)/b22-13-. The second-order valence-corrected chi connectivity index (χ2v) is 5.70. The van der Waals surface area contributed by atoms with Crippen molar-refractivity contribution in [3.05, 3.63) is 59.8 Å². The van der Waals surface area contributed by atoms with Gasteiger partial charge in [0.1, 0.15) is 11.5 Å². The zero-order valence-corrected chi connectivity index (χ0v) is 15.1. The van der Waals surface area contributed by atoms with Crippen LogP contribution in [0.4, 0.5) is 0 Å². The van der Waals surface area contributed by atoms with E-state index in [2.05, 4.69) is 16.4 Å². The third-order valence-electron chi connectivity index (χ3n) is 4.10. The van der Waals surface area contributed by atoms with E-state index < -0.39 is 0 Å². The minimum atomic E-state index is -0.377. The van der Waals surface area contributed by atoms with Crippen LogP contribution in [0.5, 0.6) is 11.5 Å². The summed E-state index contributed by atoms with van der Waals surface area (Å²) >= 11 is 0. The maximum absolute atomic E-state index is 12.4. The van der Waals surface area contributed by atoms with Gasteiger partial charge in [0.15, 0.2) is 0 Å². The van der Waals surface area contributed by atoms with Gasteiger partial charge < -0.3 is 14.0 Å². The fourth-order valence-corrected chi connectivity index (χ4v) is 2.81. The number of rotatable bonds is 6. The summed E-state index contributed by atoms with van der Waals surface area (Å²) < 4.78 is 12.3. The molecule has 6 heteroatoms. The molecule has 3 aromatic rings. The molecular weight excluding hydrogens is 342 g/mol. The van der Waals surface area contributed by atoms with E-state index in [0.717, 1.165) is 16.5 Å². The van der Waals surface area contributed by atoms with Crippen LogP contribution in [0.3, 0.4) is 0 Å². The van der Waals surface area contributed by atoms with Crippen molar-refractivity contribution in [2.45, 2.75) is 6.54 Å². The first-order valence-electron chi connectivity index (χ1n) is 8.24. The lowest BCUT2D eigenvalue weighted by atomic mass is 10.2. The first kappa shape index (κ1) is 18.1. The van der Waals surface area contributed by atoms with Crippen LogP contribution in [0.1, 0.15) is 15.9 Å². The van der Waals surface area contributed by atoms with Crippen LogP contribution in [0.15, 0.2) is 53.8 Å². The molecule has 0 saturated heterocycles. The Kier molecular flexibility index (Phi) is 5.43. The van der Waals surface area contributed by atoms with E-state index in [1.807, 2.05) is 35.0 Å². The van der Waals surface area contributed by atoms with E-state index in [1.54, 1.807) is 31.5 Å². The van der Waals surface area contributed by atoms with Crippen molar-refractivity contribution < 1.29 is 14.3 Å². The number of para-hydroxylation sites is 1. The largest absolute Gasteiger partial charge is 0.497 e. The van der Waals surface area contributed by atoms with Crippen LogP contribution in [0.2, 0.25) is 0 Å². The van der Waals surface area contributed by atoms with E-state index >= 15 is 0 Å². The van der Waals surface area contributed by atoms with Crippen molar-refractivity contribution in [2.24, 2.45) is 5.10 Å². The average molecular weight is 361 g/mol. The van der Waals surface area contributed by atoms with Crippen LogP contribution in [-0.4, -0.2) is 30.9 Å². The zero-order valence-electron chi connectivity index (χ0n) is 15.1. The van der Waals surface area contributed by atoms with Gasteiger partial charge in [0.25, 0.3) is 5.91 Å². The van der Waals surface area contributed by atoms with Crippen molar-refractivity contribution >= 4 is 23.0 Å². The van der Waals surface area contributed by atoms with Crippen LogP contribution >= 0.6 is 0 Å². The average Bonchev–Trinajstić information content (AvgIpc) is 3.05. The van der Waals surface area contributed by atoms with Crippen LogP contribution in [-0.2, 0) is 6.54 Å². The highest BCUT2D eigenvalue weighted by atomic mass is 16.5. The molecule has 0 fully saturated rings. The normalized spacial score (nSPS) is 10.7. The first-order valence-corrected chi connectivity index (χ1v) is 8.24. The van der Waals surface area contributed by atoms with E-state index in [1.165, 1.54) is 7.11 Å². The predicted octanol–water partition coefficient (Wildman–Crippen LogP) is 3.06. The third kappa shape index (κ3) is 3.77. The number of aromatic nitrogens is 1. The first-order chi connectivity index (χ1) is 13.2. The minimum absolute atomic E-state index is 0.366. The summed E-state index contributed by atoms with van der Waals surface area (Å²) in [6.07, 6.45) is 8.94. The quantitative estimate of drug-likeness (QED) is 0.417. The molecular formula is C21H19N3O3. The molecule has 0 spiro atoms. The van der Waals surface area contributed by atoms with Gasteiger partial charge in [-0.3, -0.25) is 4.79 Å². The molecule has 27 heavy (non-hydrogen) atoms. The summed E-state index contributed by atoms with van der Waals surface area (Å²) in [6.45, 7) is 0.462. The van der Waals surface area contributed by atoms with Crippen molar-refractivity contribution in [1.82, 2.24) is 9.99 Å². The number of nitrogens with zero attached hydrogens (tertiary/aromatic N) is 2. The Morgan fingerprint density at radius 3 is 2.81 bits per heavy atom. The minimum Gasteiger partial charge on any atom is -0.497 e. The lowest BCUT2D eigenvalue weighted by Crippen LogP contribution is -2.18. The number of carbonyl (C=O) groups excluding carboxylic acids is 1. The molecule has 0 aliphatic rings. The Hall–Kier alpha value is -3.72. The molecule has 0 bridgehead atoms. The second kappa shape index (κ2) is 8.11. The summed E-state index contributed by atoms with van der Waals surface area (Å²) in [6, 6.07) is 12.8. The molecule has 0 atom stereocenters. The summed E-state index contributed by atoms with van der Waals surface area (Å²) in [5.74, 6) is 3.27. The highest BCUT2D eigenvalue weighted by Crippen LogP contribution is 2.24. The summed E-state index contributed by atoms with van der Waals surface area (Å²) in [5, 5.41) is 5.09. The topological polar surface area (TPSA) is 64.9 Å². The number of benzene rings is 2. The van der Waals surface area contributed by atoms with Crippen LogP contribution in [0.25, 0.3) is 10.9 Å². The molecule has 0 radical (unpaired) electrons. The lowest BCUT2D eigenvalue weighted by molar-refractivity contribution is 0.0952. The zero-order chi connectivity index (χ0) is 19.2. The number of hydrogen-bond acceptors (Lipinski definition) is 4. The monoisotopic (exact) mass is 361 g/mol. The summed E-state index contributed by atoms with van der Waals surface area (Å²) in [7, 11) is 3.05. The van der Waals surface area contributed by atoms with E-state index in [-0.39, 0.29) is 5.91 Å². The van der Waals surface area contributed by atoms with E-state index in [9.17, 15) is 4.79 Å². The summed E-state index contributed by atoms with van der Waals surface area (Å²) in [4.78, 5) is 12.4. The van der Waals surface area contributed by atoms with Gasteiger partial charge >= 0.3 is 0 Å². The molecule has 0 aliphatic heterocycles. The Labute approximate surface area is 157 Å². The van der Waals surface area contributed by atoms with E-state index in [4.69, 9.17) is 15.9 Å². The highest BCUT2D eigenvalue weighted by Gasteiger charge is 2.13. The molecule has 136 valence electrons. The highest BCUT2D eigenvalue weighted by molar-refractivity contribution is 6.01. The van der Waals surface area contributed by atoms with Gasteiger partial charge in [-0.05, 0) is 18.2 Å². The Balaban J connectivity index is 1.81. The van der Waals surface area contributed by atoms with Crippen molar-refractivity contribution in [2.75, 3.05) is 14.2 Å². The molecule has 0 unspecified atom stereocenters. The number of ether oxygens (including phenoxy) is 2. The van der Waals surface area contributed by atoms with Gasteiger partial charge in [-0.2, -0.15) is 5.10 Å². The van der Waals surface area contributed by atoms with Gasteiger partial charge in [-0.25, -0.2) is 5.43 Å². The molecule has 1 aromatic heterocycles. The number of nitrogens with one attached hydrogen (secondary N) is 1. The predicted molar refractivity (Wildman–Crippen MR) is 105 cm³/mol. The van der Waals surface area contributed by atoms with Crippen molar-refractivity contribution in [1.29, 1.82) is 0 Å². The molecule has 0 aliphatic carbocycles. The SMILES string of the molecule is C#CCn1cc(/C=N\NC(=O)c2ccc(OC)cc2OC)c2ccccc21. The number of fused-ring (bicyclic) bond motifs is 1. The number of hydrazone groups is 1. The Morgan fingerprint density at radius 1 is 1.26 bits per heavy atom. The summed E-state index contributed by atoms with van der Waals surface area (Å²) in [5.41, 5.74) is 4.77. The van der Waals surface area contributed by atoms with E-state index in [0.29, 0.717) is 23.6 Å². The van der Waals surface area contributed by atoms with Crippen LogP contribution in [0, 0.1) is 12.3 Å². The third-order valence-corrected chi connectivity index (χ3v) is 4.10. The maximum atomic E-state index is 12.4.